The molecule has 0 unspecified atom stereocenters. The van der Waals surface area contributed by atoms with Gasteiger partial charge in [0.1, 0.15) is 23.1 Å². The third-order valence-electron chi connectivity index (χ3n) is 5.43. The summed E-state index contributed by atoms with van der Waals surface area (Å²) in [5, 5.41) is 9.07. The Balaban J connectivity index is 1.58. The molecule has 2 aliphatic heterocycles. The molecule has 0 amide bonds. The van der Waals surface area contributed by atoms with Crippen molar-refractivity contribution >= 4 is 17.3 Å². The maximum absolute atomic E-state index is 13.8. The topological polar surface area (TPSA) is 57.8 Å². The number of rotatable bonds is 5. The molecular weight excluding hydrogens is 460 g/mol. The molecule has 2 aromatic carbocycles. The smallest absolute Gasteiger partial charge is 0.169 e. The molecule has 3 aromatic rings. The molecule has 0 saturated heterocycles. The van der Waals surface area contributed by atoms with Crippen LogP contribution in [0.3, 0.4) is 0 Å². The fourth-order valence-electron chi connectivity index (χ4n) is 3.85. The summed E-state index contributed by atoms with van der Waals surface area (Å²) in [7, 11) is 1.59. The Kier molecular flexibility index (Phi) is 5.37. The fraction of sp³-hybridized carbons (Fsp3) is 0.0800. The third kappa shape index (κ3) is 3.82. The standard InChI is InChI=1S/C25H18ClF2N5O/c1-14-11-32(13-29-14)22-5-4-16(8-23(22)34-3)24-21-9-18(26)12-33(25(21)31-30-24)15(2)17-6-19(27)10-20(28)7-17/h4-13H,2H2,1,3H3. The normalized spacial score (nSPS) is 11.2. The highest BCUT2D eigenvalue weighted by atomic mass is 35.5. The van der Waals surface area contributed by atoms with Crippen LogP contribution in [-0.2, 0) is 0 Å². The van der Waals surface area contributed by atoms with E-state index in [-0.39, 0.29) is 5.56 Å². The van der Waals surface area contributed by atoms with E-state index in [1.165, 1.54) is 12.1 Å². The molecule has 6 nitrogen and oxygen atoms in total. The summed E-state index contributed by atoms with van der Waals surface area (Å²) in [5.74, 6) is -0.336. The molecule has 0 N–H and O–H groups in total. The molecule has 0 spiro atoms. The zero-order valence-corrected chi connectivity index (χ0v) is 19.0. The minimum atomic E-state index is -0.704. The number of fused-ring (bicyclic) bond motifs is 1. The lowest BCUT2D eigenvalue weighted by atomic mass is 10.0. The number of nitrogens with zero attached hydrogens (tertiary/aromatic N) is 5. The Bertz CT molecular complexity index is 1500. The number of halogens is 3. The number of hydrogen-bond acceptors (Lipinski definition) is 4. The lowest BCUT2D eigenvalue weighted by molar-refractivity contribution is 0.413. The van der Waals surface area contributed by atoms with E-state index in [4.69, 9.17) is 16.3 Å². The second-order valence-electron chi connectivity index (χ2n) is 7.73. The van der Waals surface area contributed by atoms with Crippen molar-refractivity contribution in [1.29, 1.82) is 0 Å². The van der Waals surface area contributed by atoms with Crippen LogP contribution in [0.1, 0.15) is 11.3 Å². The Morgan fingerprint density at radius 3 is 2.47 bits per heavy atom. The Morgan fingerprint density at radius 2 is 1.79 bits per heavy atom. The van der Waals surface area contributed by atoms with Gasteiger partial charge < -0.3 is 9.30 Å². The van der Waals surface area contributed by atoms with Gasteiger partial charge in [0.2, 0.25) is 0 Å². The van der Waals surface area contributed by atoms with Gasteiger partial charge in [-0.2, -0.15) is 0 Å². The van der Waals surface area contributed by atoms with Crippen LogP contribution in [0.5, 0.6) is 5.75 Å². The summed E-state index contributed by atoms with van der Waals surface area (Å²) in [5.41, 5.74) is 4.27. The molecule has 0 atom stereocenters. The summed E-state index contributed by atoms with van der Waals surface area (Å²) in [6.45, 7) is 5.91. The van der Waals surface area contributed by atoms with Crippen molar-refractivity contribution in [3.8, 4) is 34.1 Å². The van der Waals surface area contributed by atoms with Gasteiger partial charge in [-0.25, -0.2) is 13.8 Å². The summed E-state index contributed by atoms with van der Waals surface area (Å²) < 4.78 is 36.6. The summed E-state index contributed by atoms with van der Waals surface area (Å²) in [4.78, 5) is 4.27. The SMILES string of the molecule is C=C(c1cc(F)cc(F)c1)n1cc(Cl)cc2c(-c3ccc(-n4cnc(C)c4)c(OC)c3)nnc1-2. The number of aryl methyl sites for hydroxylation is 1. The van der Waals surface area contributed by atoms with E-state index in [2.05, 4.69) is 21.8 Å². The van der Waals surface area contributed by atoms with Crippen LogP contribution in [0.25, 0.3) is 34.0 Å². The largest absolute Gasteiger partial charge is 0.495 e. The van der Waals surface area contributed by atoms with Gasteiger partial charge in [-0.3, -0.25) is 4.57 Å². The Hall–Kier alpha value is -4.04. The first-order chi connectivity index (χ1) is 16.3. The van der Waals surface area contributed by atoms with Crippen LogP contribution in [0.4, 0.5) is 8.78 Å². The molecule has 0 bridgehead atoms. The molecule has 5 rings (SSSR count). The molecule has 0 fully saturated rings. The van der Waals surface area contributed by atoms with Gasteiger partial charge >= 0.3 is 0 Å². The summed E-state index contributed by atoms with van der Waals surface area (Å²) >= 11 is 6.40. The minimum absolute atomic E-state index is 0.261. The summed E-state index contributed by atoms with van der Waals surface area (Å²) in [6, 6.07) is 10.6. The van der Waals surface area contributed by atoms with E-state index >= 15 is 0 Å². The van der Waals surface area contributed by atoms with Crippen molar-refractivity contribution in [3.05, 3.63) is 95.7 Å². The van der Waals surface area contributed by atoms with E-state index in [9.17, 15) is 8.78 Å². The van der Waals surface area contributed by atoms with E-state index in [1.54, 1.807) is 30.3 Å². The first kappa shape index (κ1) is 21.8. The van der Waals surface area contributed by atoms with E-state index in [0.29, 0.717) is 33.6 Å². The number of imidazole rings is 1. The van der Waals surface area contributed by atoms with Gasteiger partial charge in [-0.05, 0) is 37.3 Å². The minimum Gasteiger partial charge on any atom is -0.495 e. The second-order valence-corrected chi connectivity index (χ2v) is 8.16. The van der Waals surface area contributed by atoms with E-state index in [1.807, 2.05) is 35.9 Å². The van der Waals surface area contributed by atoms with Crippen LogP contribution in [0.2, 0.25) is 5.02 Å². The molecule has 34 heavy (non-hydrogen) atoms. The zero-order chi connectivity index (χ0) is 24.0. The summed E-state index contributed by atoms with van der Waals surface area (Å²) in [6.07, 6.45) is 5.20. The maximum atomic E-state index is 13.8. The van der Waals surface area contributed by atoms with Gasteiger partial charge in [-0.15, -0.1) is 10.2 Å². The molecule has 2 aliphatic rings. The molecule has 170 valence electrons. The number of aromatic nitrogens is 5. The van der Waals surface area contributed by atoms with Crippen molar-refractivity contribution in [3.63, 3.8) is 0 Å². The molecular formula is C25H18ClF2N5O. The zero-order valence-electron chi connectivity index (χ0n) is 18.3. The predicted molar refractivity (Wildman–Crippen MR) is 126 cm³/mol. The molecule has 3 heterocycles. The van der Waals surface area contributed by atoms with Gasteiger partial charge in [0.25, 0.3) is 0 Å². The molecule has 1 aromatic heterocycles. The maximum Gasteiger partial charge on any atom is 0.169 e. The first-order valence-electron chi connectivity index (χ1n) is 10.2. The van der Waals surface area contributed by atoms with Crippen molar-refractivity contribution in [2.75, 3.05) is 7.11 Å². The Morgan fingerprint density at radius 1 is 1.03 bits per heavy atom. The second kappa shape index (κ2) is 8.39. The van der Waals surface area contributed by atoms with Gasteiger partial charge in [0.15, 0.2) is 5.82 Å². The van der Waals surface area contributed by atoms with Crippen LogP contribution >= 0.6 is 11.6 Å². The first-order valence-corrected chi connectivity index (χ1v) is 10.6. The van der Waals surface area contributed by atoms with Crippen LogP contribution < -0.4 is 4.74 Å². The van der Waals surface area contributed by atoms with Crippen LogP contribution in [-0.4, -0.2) is 31.4 Å². The quantitative estimate of drug-likeness (QED) is 0.311. The Labute approximate surface area is 199 Å². The van der Waals surface area contributed by atoms with Crippen LogP contribution in [0.15, 0.2) is 67.8 Å². The van der Waals surface area contributed by atoms with Crippen molar-refractivity contribution < 1.29 is 13.5 Å². The van der Waals surface area contributed by atoms with E-state index < -0.39 is 11.6 Å². The highest BCUT2D eigenvalue weighted by Crippen LogP contribution is 2.38. The molecule has 0 saturated carbocycles. The average Bonchev–Trinajstić information content (AvgIpc) is 3.43. The molecule has 0 aliphatic carbocycles. The number of pyridine rings is 1. The lowest BCUT2D eigenvalue weighted by Gasteiger charge is -2.16. The highest BCUT2D eigenvalue weighted by molar-refractivity contribution is 6.31. The lowest BCUT2D eigenvalue weighted by Crippen LogP contribution is -2.04. The number of ether oxygens (including phenoxy) is 1. The predicted octanol–water partition coefficient (Wildman–Crippen LogP) is 6.00. The van der Waals surface area contributed by atoms with Crippen molar-refractivity contribution in [2.24, 2.45) is 0 Å². The number of methoxy groups -OCH3 is 1. The van der Waals surface area contributed by atoms with Gasteiger partial charge in [0.05, 0.1) is 29.8 Å². The van der Waals surface area contributed by atoms with Gasteiger partial charge in [0, 0.05) is 40.8 Å². The number of benzene rings is 2. The monoisotopic (exact) mass is 477 g/mol. The molecule has 0 radical (unpaired) electrons. The van der Waals surface area contributed by atoms with Crippen molar-refractivity contribution in [2.45, 2.75) is 6.92 Å². The molecule has 9 heteroatoms. The van der Waals surface area contributed by atoms with Crippen molar-refractivity contribution in [1.82, 2.24) is 24.3 Å². The average molecular weight is 478 g/mol. The van der Waals surface area contributed by atoms with E-state index in [0.717, 1.165) is 23.0 Å². The highest BCUT2D eigenvalue weighted by Gasteiger charge is 2.22. The fourth-order valence-corrected chi connectivity index (χ4v) is 4.06. The number of hydrogen-bond donors (Lipinski definition) is 0. The van der Waals surface area contributed by atoms with Gasteiger partial charge in [-0.1, -0.05) is 24.2 Å². The third-order valence-corrected chi connectivity index (χ3v) is 5.64. The van der Waals surface area contributed by atoms with Crippen LogP contribution in [0, 0.1) is 18.6 Å².